The summed E-state index contributed by atoms with van der Waals surface area (Å²) in [6.07, 6.45) is 2.64. The highest BCUT2D eigenvalue weighted by molar-refractivity contribution is 5.57. The molecule has 18 heavy (non-hydrogen) atoms. The van der Waals surface area contributed by atoms with E-state index in [1.54, 1.807) is 18.0 Å². The molecule has 0 aliphatic carbocycles. The number of hydrogen-bond donors (Lipinski definition) is 1. The van der Waals surface area contributed by atoms with Crippen molar-refractivity contribution in [3.8, 4) is 11.4 Å². The molecule has 0 fully saturated rings. The number of ether oxygens (including phenoxy) is 1. The highest BCUT2D eigenvalue weighted by atomic mass is 16.5. The molecule has 0 aliphatic heterocycles. The Hall–Kier alpha value is -1.73. The topological polar surface area (TPSA) is 83.8 Å². The van der Waals surface area contributed by atoms with Crippen LogP contribution in [0.4, 0.5) is 0 Å². The van der Waals surface area contributed by atoms with Crippen molar-refractivity contribution in [1.29, 1.82) is 0 Å². The maximum absolute atomic E-state index is 5.70. The molecule has 0 radical (unpaired) electrons. The van der Waals surface area contributed by atoms with Crippen molar-refractivity contribution < 1.29 is 4.74 Å². The molecule has 2 aromatic rings. The summed E-state index contributed by atoms with van der Waals surface area (Å²) in [5.41, 5.74) is 8.40. The van der Waals surface area contributed by atoms with Gasteiger partial charge in [0.05, 0.1) is 5.69 Å². The number of aryl methyl sites for hydroxylation is 2. The monoisotopic (exact) mass is 250 g/mol. The number of nitrogens with two attached hydrogens (primary N) is 1. The summed E-state index contributed by atoms with van der Waals surface area (Å²) in [7, 11) is 3.58. The zero-order chi connectivity index (χ0) is 13.0. The van der Waals surface area contributed by atoms with Crippen LogP contribution < -0.4 is 5.73 Å². The number of methoxy groups -OCH3 is 1. The normalized spacial score (nSPS) is 11.1. The first-order chi connectivity index (χ1) is 8.77. The van der Waals surface area contributed by atoms with Crippen molar-refractivity contribution in [2.45, 2.75) is 19.5 Å². The van der Waals surface area contributed by atoms with E-state index in [1.165, 1.54) is 0 Å². The van der Waals surface area contributed by atoms with Crippen molar-refractivity contribution in [3.05, 3.63) is 18.0 Å². The van der Waals surface area contributed by atoms with Crippen LogP contribution in [-0.2, 0) is 24.9 Å². The predicted molar refractivity (Wildman–Crippen MR) is 66.6 cm³/mol. The minimum absolute atomic E-state index is 0.366. The average molecular weight is 250 g/mol. The minimum atomic E-state index is 0.366. The zero-order valence-corrected chi connectivity index (χ0v) is 10.7. The Morgan fingerprint density at radius 2 is 2.28 bits per heavy atom. The Balaban J connectivity index is 2.31. The van der Waals surface area contributed by atoms with Crippen molar-refractivity contribution in [2.75, 3.05) is 13.7 Å². The lowest BCUT2D eigenvalue weighted by molar-refractivity contribution is 0.189. The molecular weight excluding hydrogens is 232 g/mol. The zero-order valence-electron chi connectivity index (χ0n) is 10.7. The molecule has 98 valence electrons. The second kappa shape index (κ2) is 5.74. The van der Waals surface area contributed by atoms with Crippen LogP contribution in [0.15, 0.2) is 12.3 Å². The van der Waals surface area contributed by atoms with Gasteiger partial charge in [-0.1, -0.05) is 5.21 Å². The average Bonchev–Trinajstić information content (AvgIpc) is 2.95. The molecule has 0 saturated heterocycles. The van der Waals surface area contributed by atoms with E-state index in [0.29, 0.717) is 13.2 Å². The van der Waals surface area contributed by atoms with Crippen molar-refractivity contribution in [2.24, 2.45) is 12.8 Å². The van der Waals surface area contributed by atoms with Gasteiger partial charge in [-0.15, -0.1) is 5.10 Å². The Kier molecular flexibility index (Phi) is 4.06. The molecule has 0 bridgehead atoms. The van der Waals surface area contributed by atoms with Crippen LogP contribution in [-0.4, -0.2) is 38.5 Å². The van der Waals surface area contributed by atoms with Gasteiger partial charge in [0.1, 0.15) is 11.4 Å². The number of nitrogens with zero attached hydrogens (tertiary/aromatic N) is 5. The van der Waals surface area contributed by atoms with Crippen LogP contribution >= 0.6 is 0 Å². The number of hydrogen-bond acceptors (Lipinski definition) is 5. The van der Waals surface area contributed by atoms with E-state index in [-0.39, 0.29) is 0 Å². The summed E-state index contributed by atoms with van der Waals surface area (Å²) in [6, 6.07) is 1.94. The summed E-state index contributed by atoms with van der Waals surface area (Å²) < 4.78 is 8.70. The van der Waals surface area contributed by atoms with Gasteiger partial charge < -0.3 is 10.5 Å². The molecular formula is C11H18N6O. The molecule has 0 aromatic carbocycles. The van der Waals surface area contributed by atoms with Gasteiger partial charge in [-0.25, -0.2) is 4.68 Å². The van der Waals surface area contributed by atoms with E-state index >= 15 is 0 Å². The summed E-state index contributed by atoms with van der Waals surface area (Å²) in [4.78, 5) is 0. The van der Waals surface area contributed by atoms with Crippen LogP contribution in [0.3, 0.4) is 0 Å². The van der Waals surface area contributed by atoms with E-state index in [9.17, 15) is 0 Å². The van der Waals surface area contributed by atoms with Gasteiger partial charge in [0.15, 0.2) is 0 Å². The van der Waals surface area contributed by atoms with Crippen LogP contribution in [0.1, 0.15) is 12.1 Å². The second-order valence-electron chi connectivity index (χ2n) is 4.00. The Labute approximate surface area is 106 Å². The maximum Gasteiger partial charge on any atom is 0.111 e. The van der Waals surface area contributed by atoms with Crippen LogP contribution in [0.2, 0.25) is 0 Å². The first-order valence-electron chi connectivity index (χ1n) is 5.87. The fourth-order valence-electron chi connectivity index (χ4n) is 1.89. The molecule has 0 spiro atoms. The molecule has 2 N–H and O–H groups in total. The van der Waals surface area contributed by atoms with E-state index in [0.717, 1.165) is 30.0 Å². The second-order valence-corrected chi connectivity index (χ2v) is 4.00. The highest BCUT2D eigenvalue weighted by Crippen LogP contribution is 2.21. The summed E-state index contributed by atoms with van der Waals surface area (Å²) >= 11 is 0. The van der Waals surface area contributed by atoms with Crippen LogP contribution in [0, 0.1) is 0 Å². The Morgan fingerprint density at radius 1 is 1.44 bits per heavy atom. The fourth-order valence-corrected chi connectivity index (χ4v) is 1.89. The molecule has 2 heterocycles. The standard InChI is InChI=1S/C11H18N6O/c1-16-10(4-5-13-16)11-9(8-12)14-15-17(11)6-3-7-18-2/h4-5H,3,6-8,12H2,1-2H3. The molecule has 2 rings (SSSR count). The SMILES string of the molecule is COCCCn1nnc(CN)c1-c1ccnn1C. The molecule has 2 aromatic heterocycles. The maximum atomic E-state index is 5.70. The van der Waals surface area contributed by atoms with Gasteiger partial charge in [-0.3, -0.25) is 4.68 Å². The van der Waals surface area contributed by atoms with E-state index in [2.05, 4.69) is 15.4 Å². The van der Waals surface area contributed by atoms with E-state index in [4.69, 9.17) is 10.5 Å². The van der Waals surface area contributed by atoms with Gasteiger partial charge in [-0.05, 0) is 12.5 Å². The van der Waals surface area contributed by atoms with Crippen molar-refractivity contribution >= 4 is 0 Å². The molecule has 7 heteroatoms. The van der Waals surface area contributed by atoms with Gasteiger partial charge in [-0.2, -0.15) is 5.10 Å². The smallest absolute Gasteiger partial charge is 0.111 e. The van der Waals surface area contributed by atoms with E-state index in [1.807, 2.05) is 17.8 Å². The Bertz CT molecular complexity index is 503. The Morgan fingerprint density at radius 3 is 2.89 bits per heavy atom. The van der Waals surface area contributed by atoms with E-state index < -0.39 is 0 Å². The predicted octanol–water partition coefficient (Wildman–Crippen LogP) is 0.174. The minimum Gasteiger partial charge on any atom is -0.385 e. The lowest BCUT2D eigenvalue weighted by atomic mass is 10.2. The van der Waals surface area contributed by atoms with Gasteiger partial charge in [0, 0.05) is 40.1 Å². The molecule has 0 aliphatic rings. The van der Waals surface area contributed by atoms with Crippen molar-refractivity contribution in [3.63, 3.8) is 0 Å². The molecule has 7 nitrogen and oxygen atoms in total. The van der Waals surface area contributed by atoms with Gasteiger partial charge in [0.25, 0.3) is 0 Å². The molecule has 0 atom stereocenters. The van der Waals surface area contributed by atoms with Crippen LogP contribution in [0.5, 0.6) is 0 Å². The van der Waals surface area contributed by atoms with Gasteiger partial charge >= 0.3 is 0 Å². The third-order valence-electron chi connectivity index (χ3n) is 2.78. The van der Waals surface area contributed by atoms with Gasteiger partial charge in [0.2, 0.25) is 0 Å². The number of aromatic nitrogens is 5. The quantitative estimate of drug-likeness (QED) is 0.739. The lowest BCUT2D eigenvalue weighted by Crippen LogP contribution is -2.08. The lowest BCUT2D eigenvalue weighted by Gasteiger charge is -2.07. The summed E-state index contributed by atoms with van der Waals surface area (Å²) in [5, 5.41) is 12.4. The third-order valence-corrected chi connectivity index (χ3v) is 2.78. The highest BCUT2D eigenvalue weighted by Gasteiger charge is 2.16. The largest absolute Gasteiger partial charge is 0.385 e. The fraction of sp³-hybridized carbons (Fsp3) is 0.545. The first-order valence-corrected chi connectivity index (χ1v) is 5.87. The first kappa shape index (κ1) is 12.7. The van der Waals surface area contributed by atoms with Crippen molar-refractivity contribution in [1.82, 2.24) is 24.8 Å². The molecule has 0 amide bonds. The number of rotatable bonds is 6. The summed E-state index contributed by atoms with van der Waals surface area (Å²) in [6.45, 7) is 1.81. The third kappa shape index (κ3) is 2.41. The molecule has 0 unspecified atom stereocenters. The summed E-state index contributed by atoms with van der Waals surface area (Å²) in [5.74, 6) is 0. The van der Waals surface area contributed by atoms with Crippen LogP contribution in [0.25, 0.3) is 11.4 Å². The molecule has 0 saturated carbocycles.